The van der Waals surface area contributed by atoms with Gasteiger partial charge in [-0.3, -0.25) is 4.79 Å². The van der Waals surface area contributed by atoms with Crippen LogP contribution in [0.3, 0.4) is 0 Å². The molecule has 0 aliphatic rings. The van der Waals surface area contributed by atoms with E-state index in [1.165, 1.54) is 12.8 Å². The number of amides is 1. The van der Waals surface area contributed by atoms with E-state index in [0.717, 1.165) is 35.6 Å². The summed E-state index contributed by atoms with van der Waals surface area (Å²) in [5, 5.41) is 2.97. The number of carbonyl (C=O) groups excluding carboxylic acids is 1. The predicted octanol–water partition coefficient (Wildman–Crippen LogP) is 5.12. The van der Waals surface area contributed by atoms with Gasteiger partial charge in [0.15, 0.2) is 0 Å². The number of hydrogen-bond donors (Lipinski definition) is 1. The van der Waals surface area contributed by atoms with Crippen LogP contribution in [0.4, 0.5) is 5.69 Å². The first-order chi connectivity index (χ1) is 11.1. The third kappa shape index (κ3) is 5.13. The summed E-state index contributed by atoms with van der Waals surface area (Å²) < 4.78 is 5.66. The number of nitrogens with one attached hydrogen (secondary N) is 1. The van der Waals surface area contributed by atoms with Crippen molar-refractivity contribution < 1.29 is 9.53 Å². The van der Waals surface area contributed by atoms with Crippen molar-refractivity contribution in [3.8, 4) is 5.75 Å². The third-order valence-corrected chi connectivity index (χ3v) is 3.77. The molecule has 0 radical (unpaired) electrons. The van der Waals surface area contributed by atoms with Gasteiger partial charge in [-0.2, -0.15) is 0 Å². The standard InChI is InChI=1S/C20H25NO2/c1-4-5-6-13-23-18-11-9-17(10-12-18)20(22)21-19-14-15(2)7-8-16(19)3/h7-12,14H,4-6,13H2,1-3H3,(H,21,22). The van der Waals surface area contributed by atoms with Crippen LogP contribution in [0.5, 0.6) is 5.75 Å². The normalized spacial score (nSPS) is 10.4. The van der Waals surface area contributed by atoms with E-state index >= 15 is 0 Å². The SMILES string of the molecule is CCCCCOc1ccc(C(=O)Nc2cc(C)ccc2C)cc1. The monoisotopic (exact) mass is 311 g/mol. The Morgan fingerprint density at radius 3 is 2.48 bits per heavy atom. The van der Waals surface area contributed by atoms with Crippen molar-refractivity contribution in [3.05, 3.63) is 59.2 Å². The highest BCUT2D eigenvalue weighted by Gasteiger charge is 2.08. The number of rotatable bonds is 7. The van der Waals surface area contributed by atoms with Crippen LogP contribution in [0.25, 0.3) is 0 Å². The average molecular weight is 311 g/mol. The molecule has 0 atom stereocenters. The Kier molecular flexibility index (Phi) is 6.21. The highest BCUT2D eigenvalue weighted by atomic mass is 16.5. The summed E-state index contributed by atoms with van der Waals surface area (Å²) in [6.45, 7) is 6.90. The van der Waals surface area contributed by atoms with Crippen molar-refractivity contribution in [2.45, 2.75) is 40.0 Å². The Morgan fingerprint density at radius 1 is 1.04 bits per heavy atom. The molecule has 0 aromatic heterocycles. The van der Waals surface area contributed by atoms with Crippen molar-refractivity contribution in [2.24, 2.45) is 0 Å². The fourth-order valence-corrected chi connectivity index (χ4v) is 2.31. The number of hydrogen-bond acceptors (Lipinski definition) is 2. The second kappa shape index (κ2) is 8.37. The van der Waals surface area contributed by atoms with E-state index in [1.807, 2.05) is 44.2 Å². The molecule has 23 heavy (non-hydrogen) atoms. The molecule has 0 saturated heterocycles. The minimum Gasteiger partial charge on any atom is -0.494 e. The summed E-state index contributed by atoms with van der Waals surface area (Å²) in [6.07, 6.45) is 3.42. The number of anilines is 1. The lowest BCUT2D eigenvalue weighted by Crippen LogP contribution is -2.12. The molecule has 3 nitrogen and oxygen atoms in total. The van der Waals surface area contributed by atoms with Crippen molar-refractivity contribution in [1.29, 1.82) is 0 Å². The van der Waals surface area contributed by atoms with Crippen molar-refractivity contribution >= 4 is 11.6 Å². The van der Waals surface area contributed by atoms with Crippen molar-refractivity contribution in [3.63, 3.8) is 0 Å². The van der Waals surface area contributed by atoms with Gasteiger partial charge in [0, 0.05) is 11.3 Å². The van der Waals surface area contributed by atoms with Gasteiger partial charge in [-0.1, -0.05) is 31.9 Å². The quantitative estimate of drug-likeness (QED) is 0.720. The van der Waals surface area contributed by atoms with E-state index < -0.39 is 0 Å². The molecule has 2 aromatic carbocycles. The Bertz CT molecular complexity index is 647. The van der Waals surface area contributed by atoms with Crippen LogP contribution < -0.4 is 10.1 Å². The van der Waals surface area contributed by atoms with Gasteiger partial charge >= 0.3 is 0 Å². The fraction of sp³-hybridized carbons (Fsp3) is 0.350. The summed E-state index contributed by atoms with van der Waals surface area (Å²) in [6, 6.07) is 13.3. The van der Waals surface area contributed by atoms with E-state index in [0.29, 0.717) is 5.56 Å². The molecule has 0 fully saturated rings. The summed E-state index contributed by atoms with van der Waals surface area (Å²) in [7, 11) is 0. The lowest BCUT2D eigenvalue weighted by molar-refractivity contribution is 0.102. The maximum absolute atomic E-state index is 12.3. The molecule has 0 bridgehead atoms. The predicted molar refractivity (Wildman–Crippen MR) is 95.3 cm³/mol. The van der Waals surface area contributed by atoms with E-state index in [2.05, 4.69) is 12.2 Å². The van der Waals surface area contributed by atoms with Gasteiger partial charge in [-0.05, 0) is 61.7 Å². The lowest BCUT2D eigenvalue weighted by Gasteiger charge is -2.10. The van der Waals surface area contributed by atoms with Crippen LogP contribution in [0.2, 0.25) is 0 Å². The van der Waals surface area contributed by atoms with E-state index in [4.69, 9.17) is 4.74 Å². The highest BCUT2D eigenvalue weighted by Crippen LogP contribution is 2.18. The van der Waals surface area contributed by atoms with Crippen LogP contribution in [-0.2, 0) is 0 Å². The molecular formula is C20H25NO2. The maximum Gasteiger partial charge on any atom is 0.255 e. The van der Waals surface area contributed by atoms with Gasteiger partial charge in [-0.25, -0.2) is 0 Å². The van der Waals surface area contributed by atoms with Crippen LogP contribution in [0.1, 0.15) is 47.7 Å². The first-order valence-electron chi connectivity index (χ1n) is 8.21. The third-order valence-electron chi connectivity index (χ3n) is 3.77. The molecule has 2 aromatic rings. The number of aryl methyl sites for hydroxylation is 2. The molecule has 1 amide bonds. The van der Waals surface area contributed by atoms with Gasteiger partial charge in [0.25, 0.3) is 5.91 Å². The first-order valence-corrected chi connectivity index (χ1v) is 8.21. The molecule has 0 unspecified atom stereocenters. The summed E-state index contributed by atoms with van der Waals surface area (Å²) in [4.78, 5) is 12.3. The first kappa shape index (κ1) is 17.1. The lowest BCUT2D eigenvalue weighted by atomic mass is 10.1. The molecule has 1 N–H and O–H groups in total. The largest absolute Gasteiger partial charge is 0.494 e. The summed E-state index contributed by atoms with van der Waals surface area (Å²) >= 11 is 0. The van der Waals surface area contributed by atoms with Gasteiger partial charge < -0.3 is 10.1 Å². The zero-order valence-electron chi connectivity index (χ0n) is 14.2. The number of carbonyl (C=O) groups is 1. The molecule has 122 valence electrons. The second-order valence-corrected chi connectivity index (χ2v) is 5.85. The Morgan fingerprint density at radius 2 is 1.78 bits per heavy atom. The minimum absolute atomic E-state index is 0.101. The average Bonchev–Trinajstić information content (AvgIpc) is 2.55. The zero-order valence-corrected chi connectivity index (χ0v) is 14.2. The fourth-order valence-electron chi connectivity index (χ4n) is 2.31. The number of benzene rings is 2. The van der Waals surface area contributed by atoms with Gasteiger partial charge in [0.1, 0.15) is 5.75 Å². The van der Waals surface area contributed by atoms with Crippen LogP contribution in [0.15, 0.2) is 42.5 Å². The van der Waals surface area contributed by atoms with E-state index in [-0.39, 0.29) is 5.91 Å². The van der Waals surface area contributed by atoms with Gasteiger partial charge in [0.05, 0.1) is 6.61 Å². The van der Waals surface area contributed by atoms with Crippen molar-refractivity contribution in [1.82, 2.24) is 0 Å². The van der Waals surface area contributed by atoms with E-state index in [1.54, 1.807) is 12.1 Å². The minimum atomic E-state index is -0.101. The smallest absolute Gasteiger partial charge is 0.255 e. The van der Waals surface area contributed by atoms with Crippen molar-refractivity contribution in [2.75, 3.05) is 11.9 Å². The molecule has 0 aliphatic carbocycles. The molecular weight excluding hydrogens is 286 g/mol. The molecule has 0 heterocycles. The molecule has 0 aliphatic heterocycles. The Labute approximate surface area is 138 Å². The highest BCUT2D eigenvalue weighted by molar-refractivity contribution is 6.04. The van der Waals surface area contributed by atoms with E-state index in [9.17, 15) is 4.79 Å². The second-order valence-electron chi connectivity index (χ2n) is 5.85. The molecule has 0 saturated carbocycles. The number of unbranched alkanes of at least 4 members (excludes halogenated alkanes) is 2. The number of ether oxygens (including phenoxy) is 1. The Hall–Kier alpha value is -2.29. The molecule has 0 spiro atoms. The van der Waals surface area contributed by atoms with Gasteiger partial charge in [0.2, 0.25) is 0 Å². The Balaban J connectivity index is 1.96. The summed E-state index contributed by atoms with van der Waals surface area (Å²) in [5.74, 6) is 0.709. The molecule has 3 heteroatoms. The van der Waals surface area contributed by atoms with Gasteiger partial charge in [-0.15, -0.1) is 0 Å². The topological polar surface area (TPSA) is 38.3 Å². The van der Waals surface area contributed by atoms with Crippen LogP contribution in [-0.4, -0.2) is 12.5 Å². The maximum atomic E-state index is 12.3. The van der Waals surface area contributed by atoms with Crippen LogP contribution in [0, 0.1) is 13.8 Å². The zero-order chi connectivity index (χ0) is 16.7. The van der Waals surface area contributed by atoms with Crippen LogP contribution >= 0.6 is 0 Å². The summed E-state index contributed by atoms with van der Waals surface area (Å²) in [5.41, 5.74) is 3.67. The molecule has 2 rings (SSSR count).